The van der Waals surface area contributed by atoms with Crippen molar-refractivity contribution in [2.75, 3.05) is 6.61 Å². The van der Waals surface area contributed by atoms with E-state index in [4.69, 9.17) is 5.11 Å². The standard InChI is InChI=1S/C7H12N2O/c1-6-5-9(3-4-10)7(2)8-6/h5,10H,3-4H2,1-2H3. The van der Waals surface area contributed by atoms with E-state index in [1.54, 1.807) is 0 Å². The minimum atomic E-state index is 0.177. The van der Waals surface area contributed by atoms with E-state index in [9.17, 15) is 0 Å². The molecule has 0 aliphatic rings. The number of aliphatic hydroxyl groups is 1. The van der Waals surface area contributed by atoms with Crippen molar-refractivity contribution in [3.05, 3.63) is 17.7 Å². The second-order valence-corrected chi connectivity index (χ2v) is 2.35. The monoisotopic (exact) mass is 140 g/mol. The van der Waals surface area contributed by atoms with Gasteiger partial charge in [-0.15, -0.1) is 0 Å². The third kappa shape index (κ3) is 1.36. The maximum absolute atomic E-state index is 8.60. The molecule has 0 aliphatic carbocycles. The molecular weight excluding hydrogens is 128 g/mol. The van der Waals surface area contributed by atoms with Crippen LogP contribution in [0.3, 0.4) is 0 Å². The van der Waals surface area contributed by atoms with Gasteiger partial charge in [-0.3, -0.25) is 0 Å². The summed E-state index contributed by atoms with van der Waals surface area (Å²) in [5.74, 6) is 0.964. The fourth-order valence-electron chi connectivity index (χ4n) is 1.00. The molecule has 0 amide bonds. The van der Waals surface area contributed by atoms with Crippen LogP contribution in [0.25, 0.3) is 0 Å². The molecule has 0 aromatic carbocycles. The van der Waals surface area contributed by atoms with Crippen LogP contribution in [0.2, 0.25) is 0 Å². The third-order valence-electron chi connectivity index (χ3n) is 1.44. The van der Waals surface area contributed by atoms with E-state index < -0.39 is 0 Å². The molecule has 1 aromatic rings. The number of aromatic nitrogens is 2. The number of hydrogen-bond acceptors (Lipinski definition) is 2. The van der Waals surface area contributed by atoms with Crippen LogP contribution in [0.4, 0.5) is 0 Å². The fraction of sp³-hybridized carbons (Fsp3) is 0.571. The van der Waals surface area contributed by atoms with Gasteiger partial charge in [0.05, 0.1) is 12.3 Å². The number of aryl methyl sites for hydroxylation is 2. The Hall–Kier alpha value is -0.830. The van der Waals surface area contributed by atoms with Crippen LogP contribution in [0.1, 0.15) is 11.5 Å². The van der Waals surface area contributed by atoms with Crippen LogP contribution < -0.4 is 0 Å². The molecule has 0 saturated heterocycles. The lowest BCUT2D eigenvalue weighted by molar-refractivity contribution is 0.275. The zero-order chi connectivity index (χ0) is 7.56. The summed E-state index contributed by atoms with van der Waals surface area (Å²) in [7, 11) is 0. The van der Waals surface area contributed by atoms with E-state index in [-0.39, 0.29) is 6.61 Å². The highest BCUT2D eigenvalue weighted by Crippen LogP contribution is 1.99. The molecule has 1 aromatic heterocycles. The van der Waals surface area contributed by atoms with Crippen LogP contribution in [0, 0.1) is 13.8 Å². The maximum atomic E-state index is 8.60. The lowest BCUT2D eigenvalue weighted by Gasteiger charge is -1.98. The highest BCUT2D eigenvalue weighted by molar-refractivity contribution is 4.99. The molecule has 0 atom stereocenters. The van der Waals surface area contributed by atoms with E-state index >= 15 is 0 Å². The van der Waals surface area contributed by atoms with E-state index in [1.165, 1.54) is 0 Å². The van der Waals surface area contributed by atoms with Gasteiger partial charge in [0, 0.05) is 12.7 Å². The van der Waals surface area contributed by atoms with Crippen LogP contribution in [-0.4, -0.2) is 21.3 Å². The van der Waals surface area contributed by atoms with Crippen LogP contribution in [0.5, 0.6) is 0 Å². The predicted octanol–water partition coefficient (Wildman–Crippen LogP) is 0.492. The summed E-state index contributed by atoms with van der Waals surface area (Å²) in [6.45, 7) is 4.70. The molecule has 1 rings (SSSR count). The van der Waals surface area contributed by atoms with Crippen molar-refractivity contribution in [3.63, 3.8) is 0 Å². The summed E-state index contributed by atoms with van der Waals surface area (Å²) in [5.41, 5.74) is 1.01. The number of aliphatic hydroxyl groups excluding tert-OH is 1. The average Bonchev–Trinajstić information content (AvgIpc) is 2.13. The molecule has 0 spiro atoms. The van der Waals surface area contributed by atoms with Crippen LogP contribution in [-0.2, 0) is 6.54 Å². The third-order valence-corrected chi connectivity index (χ3v) is 1.44. The van der Waals surface area contributed by atoms with Gasteiger partial charge in [0.15, 0.2) is 0 Å². The Bertz CT molecular complexity index is 217. The number of rotatable bonds is 2. The molecule has 0 aliphatic heterocycles. The van der Waals surface area contributed by atoms with Gasteiger partial charge in [-0.25, -0.2) is 4.98 Å². The molecule has 1 heterocycles. The topological polar surface area (TPSA) is 38.0 Å². The van der Waals surface area contributed by atoms with Gasteiger partial charge in [-0.05, 0) is 13.8 Å². The Labute approximate surface area is 60.3 Å². The highest BCUT2D eigenvalue weighted by atomic mass is 16.3. The zero-order valence-corrected chi connectivity index (χ0v) is 6.33. The molecule has 56 valence electrons. The summed E-state index contributed by atoms with van der Waals surface area (Å²) >= 11 is 0. The summed E-state index contributed by atoms with van der Waals surface area (Å²) < 4.78 is 1.94. The average molecular weight is 140 g/mol. The molecule has 1 N–H and O–H groups in total. The Morgan fingerprint density at radius 1 is 1.60 bits per heavy atom. The van der Waals surface area contributed by atoms with Crippen molar-refractivity contribution in [3.8, 4) is 0 Å². The van der Waals surface area contributed by atoms with E-state index in [1.807, 2.05) is 24.6 Å². The summed E-state index contributed by atoms with van der Waals surface area (Å²) in [5, 5.41) is 8.60. The summed E-state index contributed by atoms with van der Waals surface area (Å²) in [6.07, 6.45) is 1.94. The minimum Gasteiger partial charge on any atom is -0.395 e. The van der Waals surface area contributed by atoms with Gasteiger partial charge in [0.2, 0.25) is 0 Å². The molecule has 0 bridgehead atoms. The lowest BCUT2D eigenvalue weighted by atomic mass is 10.5. The van der Waals surface area contributed by atoms with Gasteiger partial charge in [-0.1, -0.05) is 0 Å². The zero-order valence-electron chi connectivity index (χ0n) is 6.33. The van der Waals surface area contributed by atoms with E-state index in [0.717, 1.165) is 11.5 Å². The first-order valence-corrected chi connectivity index (χ1v) is 3.35. The predicted molar refractivity (Wildman–Crippen MR) is 38.8 cm³/mol. The smallest absolute Gasteiger partial charge is 0.105 e. The summed E-state index contributed by atoms with van der Waals surface area (Å²) in [6, 6.07) is 0. The molecule has 10 heavy (non-hydrogen) atoms. The number of hydrogen-bond donors (Lipinski definition) is 1. The van der Waals surface area contributed by atoms with Gasteiger partial charge in [0.1, 0.15) is 5.82 Å². The molecule has 0 radical (unpaired) electrons. The van der Waals surface area contributed by atoms with Crippen molar-refractivity contribution >= 4 is 0 Å². The number of imidazole rings is 1. The SMILES string of the molecule is Cc1cn(CCO)c(C)n1. The van der Waals surface area contributed by atoms with Gasteiger partial charge < -0.3 is 9.67 Å². The Morgan fingerprint density at radius 2 is 2.30 bits per heavy atom. The summed E-state index contributed by atoms with van der Waals surface area (Å²) in [4.78, 5) is 4.18. The quantitative estimate of drug-likeness (QED) is 0.649. The Kier molecular flexibility index (Phi) is 2.06. The van der Waals surface area contributed by atoms with Crippen molar-refractivity contribution < 1.29 is 5.11 Å². The minimum absolute atomic E-state index is 0.177. The molecule has 3 nitrogen and oxygen atoms in total. The van der Waals surface area contributed by atoms with Gasteiger partial charge in [0.25, 0.3) is 0 Å². The highest BCUT2D eigenvalue weighted by Gasteiger charge is 1.97. The van der Waals surface area contributed by atoms with E-state index in [0.29, 0.717) is 6.54 Å². The second kappa shape index (κ2) is 2.84. The van der Waals surface area contributed by atoms with Crippen molar-refractivity contribution in [2.45, 2.75) is 20.4 Å². The normalized spacial score (nSPS) is 10.3. The van der Waals surface area contributed by atoms with Crippen molar-refractivity contribution in [1.29, 1.82) is 0 Å². The van der Waals surface area contributed by atoms with Crippen LogP contribution >= 0.6 is 0 Å². The fourth-order valence-corrected chi connectivity index (χ4v) is 1.00. The van der Waals surface area contributed by atoms with E-state index in [2.05, 4.69) is 4.98 Å². The van der Waals surface area contributed by atoms with Crippen molar-refractivity contribution in [1.82, 2.24) is 9.55 Å². The Morgan fingerprint density at radius 3 is 2.70 bits per heavy atom. The van der Waals surface area contributed by atoms with Crippen LogP contribution in [0.15, 0.2) is 6.20 Å². The van der Waals surface area contributed by atoms with Gasteiger partial charge in [-0.2, -0.15) is 0 Å². The molecule has 0 fully saturated rings. The first-order valence-electron chi connectivity index (χ1n) is 3.35. The van der Waals surface area contributed by atoms with Crippen molar-refractivity contribution in [2.24, 2.45) is 0 Å². The number of nitrogens with zero attached hydrogens (tertiary/aromatic N) is 2. The second-order valence-electron chi connectivity index (χ2n) is 2.35. The molecular formula is C7H12N2O. The first-order chi connectivity index (χ1) is 4.74. The van der Waals surface area contributed by atoms with Gasteiger partial charge >= 0.3 is 0 Å². The maximum Gasteiger partial charge on any atom is 0.105 e. The molecule has 0 unspecified atom stereocenters. The largest absolute Gasteiger partial charge is 0.395 e. The molecule has 0 saturated carbocycles. The Balaban J connectivity index is 2.81. The molecule has 3 heteroatoms. The first kappa shape index (κ1) is 7.28. The lowest BCUT2D eigenvalue weighted by Crippen LogP contribution is -2.02.